The van der Waals surface area contributed by atoms with Gasteiger partial charge in [-0.25, -0.2) is 8.78 Å². The summed E-state index contributed by atoms with van der Waals surface area (Å²) >= 11 is 6.24. The van der Waals surface area contributed by atoms with E-state index in [1.54, 1.807) is 11.3 Å². The number of nitrogens with two attached hydrogens (primary N) is 1. The van der Waals surface area contributed by atoms with Crippen LogP contribution >= 0.6 is 23.6 Å². The van der Waals surface area contributed by atoms with Gasteiger partial charge < -0.3 is 10.5 Å². The summed E-state index contributed by atoms with van der Waals surface area (Å²) in [4.78, 5) is 1.04. The van der Waals surface area contributed by atoms with Gasteiger partial charge in [0.05, 0.1) is 6.61 Å². The SMILES string of the molecule is NC(=S)c1cc(F)c(OCCc2cccs2)c(F)c1. The number of halogens is 2. The van der Waals surface area contributed by atoms with Crippen molar-refractivity contribution >= 4 is 28.5 Å². The molecule has 19 heavy (non-hydrogen) atoms. The molecule has 2 nitrogen and oxygen atoms in total. The van der Waals surface area contributed by atoms with E-state index in [-0.39, 0.29) is 17.2 Å². The molecule has 0 fully saturated rings. The standard InChI is InChI=1S/C13H11F2NOS2/c14-10-6-8(13(16)18)7-11(15)12(10)17-4-3-9-2-1-5-19-9/h1-2,5-7H,3-4H2,(H2,16,18). The fraction of sp³-hybridized carbons (Fsp3) is 0.154. The van der Waals surface area contributed by atoms with Crippen LogP contribution in [0, 0.1) is 11.6 Å². The normalized spacial score (nSPS) is 10.4. The minimum absolute atomic E-state index is 0.0528. The second-order valence-corrected chi connectivity index (χ2v) is 5.28. The third-order valence-electron chi connectivity index (χ3n) is 2.46. The fourth-order valence-electron chi connectivity index (χ4n) is 1.55. The van der Waals surface area contributed by atoms with E-state index in [1.807, 2.05) is 17.5 Å². The topological polar surface area (TPSA) is 35.2 Å². The molecule has 1 heterocycles. The van der Waals surface area contributed by atoms with Gasteiger partial charge in [-0.2, -0.15) is 0 Å². The number of benzene rings is 1. The molecule has 0 saturated carbocycles. The number of rotatable bonds is 5. The maximum atomic E-state index is 13.7. The van der Waals surface area contributed by atoms with Crippen molar-refractivity contribution in [1.82, 2.24) is 0 Å². The predicted molar refractivity (Wildman–Crippen MR) is 75.8 cm³/mol. The molecular formula is C13H11F2NOS2. The Kier molecular flexibility index (Phi) is 4.44. The molecule has 0 aliphatic rings. The molecule has 6 heteroatoms. The molecule has 2 aromatic rings. The molecule has 2 N–H and O–H groups in total. The van der Waals surface area contributed by atoms with Crippen molar-refractivity contribution in [2.45, 2.75) is 6.42 Å². The molecule has 0 unspecified atom stereocenters. The van der Waals surface area contributed by atoms with Gasteiger partial charge in [-0.3, -0.25) is 0 Å². The molecule has 1 aromatic heterocycles. The maximum Gasteiger partial charge on any atom is 0.190 e. The van der Waals surface area contributed by atoms with Crippen LogP contribution in [0.25, 0.3) is 0 Å². The average molecular weight is 299 g/mol. The lowest BCUT2D eigenvalue weighted by Gasteiger charge is -2.09. The first-order chi connectivity index (χ1) is 9.08. The first kappa shape index (κ1) is 13.9. The van der Waals surface area contributed by atoms with Crippen LogP contribution in [0.4, 0.5) is 8.78 Å². The number of thiocarbonyl (C=S) groups is 1. The summed E-state index contributed by atoms with van der Waals surface area (Å²) in [5.41, 5.74) is 5.47. The van der Waals surface area contributed by atoms with Gasteiger partial charge in [-0.05, 0) is 23.6 Å². The van der Waals surface area contributed by atoms with Crippen molar-refractivity contribution in [1.29, 1.82) is 0 Å². The van der Waals surface area contributed by atoms with Gasteiger partial charge in [0.15, 0.2) is 17.4 Å². The van der Waals surface area contributed by atoms with Gasteiger partial charge >= 0.3 is 0 Å². The molecule has 0 aliphatic heterocycles. The van der Waals surface area contributed by atoms with Crippen molar-refractivity contribution in [2.75, 3.05) is 6.61 Å². The number of hydrogen-bond donors (Lipinski definition) is 1. The lowest BCUT2D eigenvalue weighted by molar-refractivity contribution is 0.289. The second kappa shape index (κ2) is 6.08. The summed E-state index contributed by atoms with van der Waals surface area (Å²) in [5, 5.41) is 1.94. The predicted octanol–water partition coefficient (Wildman–Crippen LogP) is 3.28. The molecule has 1 aromatic carbocycles. The smallest absolute Gasteiger partial charge is 0.190 e. The quantitative estimate of drug-likeness (QED) is 0.861. The third kappa shape index (κ3) is 3.48. The van der Waals surface area contributed by atoms with Crippen LogP contribution in [0.5, 0.6) is 5.75 Å². The van der Waals surface area contributed by atoms with E-state index in [0.29, 0.717) is 6.42 Å². The maximum absolute atomic E-state index is 13.7. The van der Waals surface area contributed by atoms with E-state index in [4.69, 9.17) is 10.5 Å². The molecule has 0 spiro atoms. The van der Waals surface area contributed by atoms with Gasteiger partial charge in [0.1, 0.15) is 4.99 Å². The molecule has 0 atom stereocenters. The first-order valence-electron chi connectivity index (χ1n) is 5.52. The van der Waals surface area contributed by atoms with Gasteiger partial charge in [0, 0.05) is 16.9 Å². The highest BCUT2D eigenvalue weighted by Crippen LogP contribution is 2.23. The zero-order valence-electron chi connectivity index (χ0n) is 9.86. The third-order valence-corrected chi connectivity index (χ3v) is 3.63. The van der Waals surface area contributed by atoms with Gasteiger partial charge in [-0.15, -0.1) is 11.3 Å². The number of hydrogen-bond acceptors (Lipinski definition) is 3. The van der Waals surface area contributed by atoms with Crippen molar-refractivity contribution in [3.05, 3.63) is 51.7 Å². The van der Waals surface area contributed by atoms with Crippen LogP contribution in [-0.2, 0) is 6.42 Å². The fourth-order valence-corrected chi connectivity index (χ4v) is 2.36. The summed E-state index contributed by atoms with van der Waals surface area (Å²) < 4.78 is 32.5. The highest BCUT2D eigenvalue weighted by molar-refractivity contribution is 7.80. The average Bonchev–Trinajstić information content (AvgIpc) is 2.85. The lowest BCUT2D eigenvalue weighted by atomic mass is 10.2. The summed E-state index contributed by atoms with van der Waals surface area (Å²) in [7, 11) is 0. The Balaban J connectivity index is 2.06. The van der Waals surface area contributed by atoms with Crippen molar-refractivity contribution in [3.8, 4) is 5.75 Å². The zero-order chi connectivity index (χ0) is 13.8. The van der Waals surface area contributed by atoms with Crippen LogP contribution in [0.15, 0.2) is 29.6 Å². The summed E-state index contributed by atoms with van der Waals surface area (Å²) in [6.07, 6.45) is 0.605. The Morgan fingerprint density at radius 3 is 2.53 bits per heavy atom. The number of ether oxygens (including phenoxy) is 1. The molecule has 100 valence electrons. The summed E-state index contributed by atoms with van der Waals surface area (Å²) in [5.74, 6) is -1.99. The Hall–Kier alpha value is -1.53. The van der Waals surface area contributed by atoms with Crippen LogP contribution in [-0.4, -0.2) is 11.6 Å². The van der Waals surface area contributed by atoms with E-state index in [2.05, 4.69) is 12.2 Å². The van der Waals surface area contributed by atoms with Crippen LogP contribution in [0.2, 0.25) is 0 Å². The molecule has 0 aliphatic carbocycles. The van der Waals surface area contributed by atoms with E-state index in [1.165, 1.54) is 0 Å². The van der Waals surface area contributed by atoms with Gasteiger partial charge in [0.25, 0.3) is 0 Å². The van der Waals surface area contributed by atoms with Crippen molar-refractivity contribution in [2.24, 2.45) is 5.73 Å². The van der Waals surface area contributed by atoms with Crippen LogP contribution in [0.3, 0.4) is 0 Å². The molecule has 0 amide bonds. The molecular weight excluding hydrogens is 288 g/mol. The van der Waals surface area contributed by atoms with E-state index >= 15 is 0 Å². The highest BCUT2D eigenvalue weighted by Gasteiger charge is 2.13. The minimum atomic E-state index is -0.797. The Morgan fingerprint density at radius 1 is 1.32 bits per heavy atom. The highest BCUT2D eigenvalue weighted by atomic mass is 32.1. The molecule has 0 bridgehead atoms. The van der Waals surface area contributed by atoms with Crippen molar-refractivity contribution in [3.63, 3.8) is 0 Å². The first-order valence-corrected chi connectivity index (χ1v) is 6.80. The van der Waals surface area contributed by atoms with E-state index in [0.717, 1.165) is 17.0 Å². The lowest BCUT2D eigenvalue weighted by Crippen LogP contribution is -2.11. The van der Waals surface area contributed by atoms with E-state index in [9.17, 15) is 8.78 Å². The zero-order valence-corrected chi connectivity index (χ0v) is 11.5. The second-order valence-electron chi connectivity index (χ2n) is 3.81. The van der Waals surface area contributed by atoms with E-state index < -0.39 is 17.4 Å². The Morgan fingerprint density at radius 2 is 2.00 bits per heavy atom. The number of thiophene rings is 1. The summed E-state index contributed by atoms with van der Waals surface area (Å²) in [6, 6.07) is 6.01. The molecule has 0 saturated heterocycles. The van der Waals surface area contributed by atoms with Gasteiger partial charge in [-0.1, -0.05) is 18.3 Å². The molecule has 2 rings (SSSR count). The van der Waals surface area contributed by atoms with Crippen LogP contribution < -0.4 is 10.5 Å². The largest absolute Gasteiger partial charge is 0.487 e. The Labute approximate surface area is 118 Å². The van der Waals surface area contributed by atoms with Crippen molar-refractivity contribution < 1.29 is 13.5 Å². The van der Waals surface area contributed by atoms with Gasteiger partial charge in [0.2, 0.25) is 0 Å². The summed E-state index contributed by atoms with van der Waals surface area (Å²) in [6.45, 7) is 0.209. The minimum Gasteiger partial charge on any atom is -0.487 e. The molecule has 0 radical (unpaired) electrons. The Bertz CT molecular complexity index is 561. The van der Waals surface area contributed by atoms with Crippen LogP contribution in [0.1, 0.15) is 10.4 Å². The monoisotopic (exact) mass is 299 g/mol.